The molecule has 1 saturated carbocycles. The van der Waals surface area contributed by atoms with E-state index >= 15 is 0 Å². The smallest absolute Gasteiger partial charge is 0.166 e. The minimum Gasteiger partial charge on any atom is -0.363 e. The van der Waals surface area contributed by atoms with Crippen molar-refractivity contribution in [2.24, 2.45) is 11.3 Å². The molecule has 1 rings (SSSR count). The molecule has 0 aromatic carbocycles. The van der Waals surface area contributed by atoms with Crippen LogP contribution in [0.15, 0.2) is 0 Å². The molecule has 18 heavy (non-hydrogen) atoms. The molecule has 0 aromatic rings. The van der Waals surface area contributed by atoms with Gasteiger partial charge in [-0.1, -0.05) is 34.1 Å². The molecule has 106 valence electrons. The van der Waals surface area contributed by atoms with Crippen LogP contribution in [0.3, 0.4) is 0 Å². The lowest BCUT2D eigenvalue weighted by atomic mass is 9.71. The number of hydrogen-bond donors (Lipinski definition) is 2. The van der Waals surface area contributed by atoms with Crippen molar-refractivity contribution in [3.05, 3.63) is 0 Å². The van der Waals surface area contributed by atoms with Crippen molar-refractivity contribution in [3.8, 4) is 0 Å². The zero-order valence-corrected chi connectivity index (χ0v) is 13.3. The van der Waals surface area contributed by atoms with Crippen LogP contribution in [0.25, 0.3) is 0 Å². The number of unbranched alkanes of at least 4 members (excludes halogenated alkanes) is 1. The summed E-state index contributed by atoms with van der Waals surface area (Å²) in [6.07, 6.45) is 7.59. The summed E-state index contributed by atoms with van der Waals surface area (Å²) in [5.41, 5.74) is 0.463. The normalized spacial score (nSPS) is 24.7. The number of thiocarbonyl (C=S) groups is 1. The van der Waals surface area contributed by atoms with Gasteiger partial charge < -0.3 is 10.6 Å². The molecule has 1 aliphatic rings. The predicted molar refractivity (Wildman–Crippen MR) is 83.8 cm³/mol. The summed E-state index contributed by atoms with van der Waals surface area (Å²) in [4.78, 5) is 0. The maximum atomic E-state index is 5.33. The van der Waals surface area contributed by atoms with Gasteiger partial charge in [-0.05, 0) is 55.7 Å². The van der Waals surface area contributed by atoms with Crippen LogP contribution in [-0.4, -0.2) is 17.7 Å². The summed E-state index contributed by atoms with van der Waals surface area (Å²) in [7, 11) is 0. The fourth-order valence-corrected chi connectivity index (χ4v) is 2.99. The molecule has 0 aromatic heterocycles. The Balaban J connectivity index is 2.21. The molecule has 0 radical (unpaired) electrons. The second-order valence-corrected chi connectivity index (χ2v) is 7.08. The summed E-state index contributed by atoms with van der Waals surface area (Å²) in [5.74, 6) is 0.872. The predicted octanol–water partition coefficient (Wildman–Crippen LogP) is 3.86. The van der Waals surface area contributed by atoms with E-state index in [2.05, 4.69) is 38.3 Å². The van der Waals surface area contributed by atoms with Crippen molar-refractivity contribution < 1.29 is 0 Å². The molecule has 0 saturated heterocycles. The van der Waals surface area contributed by atoms with Gasteiger partial charge >= 0.3 is 0 Å². The van der Waals surface area contributed by atoms with Crippen molar-refractivity contribution in [3.63, 3.8) is 0 Å². The Bertz CT molecular complexity index is 250. The Morgan fingerprint density at radius 1 is 1.17 bits per heavy atom. The highest BCUT2D eigenvalue weighted by molar-refractivity contribution is 7.80. The maximum Gasteiger partial charge on any atom is 0.166 e. The third-order valence-electron chi connectivity index (χ3n) is 4.10. The van der Waals surface area contributed by atoms with Gasteiger partial charge in [-0.15, -0.1) is 0 Å². The minimum absolute atomic E-state index is 0.463. The van der Waals surface area contributed by atoms with E-state index in [1.54, 1.807) is 0 Å². The van der Waals surface area contributed by atoms with Crippen LogP contribution in [0.5, 0.6) is 0 Å². The van der Waals surface area contributed by atoms with Gasteiger partial charge in [0.05, 0.1) is 0 Å². The molecule has 0 unspecified atom stereocenters. The Hall–Kier alpha value is -0.310. The minimum atomic E-state index is 0.463. The van der Waals surface area contributed by atoms with E-state index < -0.39 is 0 Å². The van der Waals surface area contributed by atoms with Gasteiger partial charge in [-0.2, -0.15) is 0 Å². The van der Waals surface area contributed by atoms with E-state index in [9.17, 15) is 0 Å². The Kier molecular flexibility index (Phi) is 6.40. The average molecular weight is 270 g/mol. The standard InChI is InChI=1S/C15H30N2S/c1-5-6-11-16-14(18)17-13-9-7-12(8-10-13)15(2,3)4/h12-13H,5-11H2,1-4H3,(H2,16,17,18). The fourth-order valence-electron chi connectivity index (χ4n) is 2.72. The summed E-state index contributed by atoms with van der Waals surface area (Å²) in [5, 5.41) is 7.61. The average Bonchev–Trinajstić information content (AvgIpc) is 2.29. The zero-order chi connectivity index (χ0) is 13.6. The van der Waals surface area contributed by atoms with Gasteiger partial charge in [-0.3, -0.25) is 0 Å². The molecular formula is C15H30N2S. The molecule has 1 fully saturated rings. The zero-order valence-electron chi connectivity index (χ0n) is 12.5. The van der Waals surface area contributed by atoms with Gasteiger partial charge in [0.2, 0.25) is 0 Å². The second-order valence-electron chi connectivity index (χ2n) is 6.67. The van der Waals surface area contributed by atoms with Gasteiger partial charge in [0.25, 0.3) is 0 Å². The Morgan fingerprint density at radius 3 is 2.28 bits per heavy atom. The maximum absolute atomic E-state index is 5.33. The Labute approximate surface area is 118 Å². The van der Waals surface area contributed by atoms with Crippen molar-refractivity contribution in [1.29, 1.82) is 0 Å². The first-order chi connectivity index (χ1) is 8.43. The molecule has 0 spiro atoms. The molecule has 0 bridgehead atoms. The van der Waals surface area contributed by atoms with E-state index in [0.717, 1.165) is 17.6 Å². The van der Waals surface area contributed by atoms with Crippen LogP contribution in [0, 0.1) is 11.3 Å². The van der Waals surface area contributed by atoms with Crippen LogP contribution in [0.1, 0.15) is 66.2 Å². The van der Waals surface area contributed by atoms with Gasteiger partial charge in [0, 0.05) is 12.6 Å². The van der Waals surface area contributed by atoms with Crippen molar-refractivity contribution in [1.82, 2.24) is 10.6 Å². The summed E-state index contributed by atoms with van der Waals surface area (Å²) in [6, 6.07) is 0.588. The highest BCUT2D eigenvalue weighted by Gasteiger charge is 2.29. The largest absolute Gasteiger partial charge is 0.363 e. The van der Waals surface area contributed by atoms with E-state index in [1.165, 1.54) is 38.5 Å². The third kappa shape index (κ3) is 5.55. The molecular weight excluding hydrogens is 240 g/mol. The summed E-state index contributed by atoms with van der Waals surface area (Å²) >= 11 is 5.33. The number of hydrogen-bond acceptors (Lipinski definition) is 1. The third-order valence-corrected chi connectivity index (χ3v) is 4.37. The molecule has 2 nitrogen and oxygen atoms in total. The second kappa shape index (κ2) is 7.32. The molecule has 0 aliphatic heterocycles. The van der Waals surface area contributed by atoms with E-state index in [4.69, 9.17) is 12.2 Å². The molecule has 0 atom stereocenters. The highest BCUT2D eigenvalue weighted by atomic mass is 32.1. The molecule has 0 heterocycles. The van der Waals surface area contributed by atoms with Gasteiger partial charge in [0.1, 0.15) is 0 Å². The first kappa shape index (κ1) is 15.7. The SMILES string of the molecule is CCCCNC(=S)NC1CCC(C(C)(C)C)CC1. The molecule has 2 N–H and O–H groups in total. The quantitative estimate of drug-likeness (QED) is 0.599. The van der Waals surface area contributed by atoms with E-state index in [1.807, 2.05) is 0 Å². The topological polar surface area (TPSA) is 24.1 Å². The number of rotatable bonds is 4. The lowest BCUT2D eigenvalue weighted by Gasteiger charge is -2.37. The number of nitrogens with one attached hydrogen (secondary N) is 2. The molecule has 0 amide bonds. The van der Waals surface area contributed by atoms with Gasteiger partial charge in [-0.25, -0.2) is 0 Å². The lowest BCUT2D eigenvalue weighted by Crippen LogP contribution is -2.44. The van der Waals surface area contributed by atoms with Gasteiger partial charge in [0.15, 0.2) is 5.11 Å². The molecule has 3 heteroatoms. The monoisotopic (exact) mass is 270 g/mol. The first-order valence-corrected chi connectivity index (χ1v) is 7.88. The van der Waals surface area contributed by atoms with E-state index in [0.29, 0.717) is 11.5 Å². The van der Waals surface area contributed by atoms with Crippen LogP contribution in [-0.2, 0) is 0 Å². The lowest BCUT2D eigenvalue weighted by molar-refractivity contribution is 0.165. The summed E-state index contributed by atoms with van der Waals surface area (Å²) in [6.45, 7) is 10.3. The van der Waals surface area contributed by atoms with Crippen molar-refractivity contribution in [2.75, 3.05) is 6.54 Å². The van der Waals surface area contributed by atoms with Crippen molar-refractivity contribution >= 4 is 17.3 Å². The van der Waals surface area contributed by atoms with Crippen molar-refractivity contribution in [2.45, 2.75) is 72.3 Å². The highest BCUT2D eigenvalue weighted by Crippen LogP contribution is 2.37. The Morgan fingerprint density at radius 2 is 1.78 bits per heavy atom. The first-order valence-electron chi connectivity index (χ1n) is 7.48. The van der Waals surface area contributed by atoms with Crippen LogP contribution in [0.4, 0.5) is 0 Å². The summed E-state index contributed by atoms with van der Waals surface area (Å²) < 4.78 is 0. The van der Waals surface area contributed by atoms with Crippen LogP contribution in [0.2, 0.25) is 0 Å². The van der Waals surface area contributed by atoms with Crippen LogP contribution < -0.4 is 10.6 Å². The van der Waals surface area contributed by atoms with Crippen LogP contribution >= 0.6 is 12.2 Å². The van der Waals surface area contributed by atoms with E-state index in [-0.39, 0.29) is 0 Å². The molecule has 1 aliphatic carbocycles. The fraction of sp³-hybridized carbons (Fsp3) is 0.933.